The lowest BCUT2D eigenvalue weighted by Gasteiger charge is -2.15. The maximum absolute atomic E-state index is 14.6. The topological polar surface area (TPSA) is 118 Å². The van der Waals surface area contributed by atoms with Crippen LogP contribution < -0.4 is 26.4 Å². The van der Waals surface area contributed by atoms with Gasteiger partial charge in [0.2, 0.25) is 5.91 Å². The molecule has 37 heavy (non-hydrogen) atoms. The van der Waals surface area contributed by atoms with Gasteiger partial charge in [0.15, 0.2) is 11.6 Å². The highest BCUT2D eigenvalue weighted by molar-refractivity contribution is 6.00. The van der Waals surface area contributed by atoms with Crippen molar-refractivity contribution in [3.05, 3.63) is 71.7 Å². The van der Waals surface area contributed by atoms with Gasteiger partial charge in [-0.05, 0) is 61.7 Å². The van der Waals surface area contributed by atoms with Crippen molar-refractivity contribution in [2.24, 2.45) is 11.7 Å². The van der Waals surface area contributed by atoms with Crippen molar-refractivity contribution in [2.75, 3.05) is 16.0 Å². The number of nitrogens with zero attached hydrogens (tertiary/aromatic N) is 1. The number of ether oxygens (including phenoxy) is 1. The second-order valence-electron chi connectivity index (χ2n) is 8.60. The van der Waals surface area contributed by atoms with E-state index < -0.39 is 29.6 Å². The smallest absolute Gasteiger partial charge is 0.416 e. The van der Waals surface area contributed by atoms with E-state index in [-0.39, 0.29) is 46.1 Å². The average molecular weight is 517 g/mol. The molecule has 0 bridgehead atoms. The molecule has 1 fully saturated rings. The number of nitrogens with two attached hydrogens (primary N) is 1. The van der Waals surface area contributed by atoms with E-state index >= 15 is 0 Å². The van der Waals surface area contributed by atoms with E-state index in [1.807, 2.05) is 0 Å². The second-order valence-corrected chi connectivity index (χ2v) is 8.60. The maximum atomic E-state index is 14.6. The molecule has 3 amide bonds. The SMILES string of the molecule is CC(N)c1cc(NC(=O)Nc2ccc(Oc3ccnc(NC(=O)C4CC4)c3)c(F)c2)cc(C(F)(F)F)c1. The van der Waals surface area contributed by atoms with Gasteiger partial charge < -0.3 is 26.4 Å². The lowest BCUT2D eigenvalue weighted by molar-refractivity contribution is -0.137. The van der Waals surface area contributed by atoms with Gasteiger partial charge in [0, 0.05) is 41.7 Å². The van der Waals surface area contributed by atoms with E-state index in [1.54, 1.807) is 0 Å². The number of alkyl halides is 3. The molecule has 0 spiro atoms. The first-order valence-corrected chi connectivity index (χ1v) is 11.3. The summed E-state index contributed by atoms with van der Waals surface area (Å²) in [6.07, 6.45) is -1.56. The monoisotopic (exact) mass is 517 g/mol. The highest BCUT2D eigenvalue weighted by atomic mass is 19.4. The number of carbonyl (C=O) groups excluding carboxylic acids is 2. The van der Waals surface area contributed by atoms with Crippen LogP contribution in [0, 0.1) is 11.7 Å². The molecular weight excluding hydrogens is 494 g/mol. The summed E-state index contributed by atoms with van der Waals surface area (Å²) >= 11 is 0. The zero-order valence-electron chi connectivity index (χ0n) is 19.5. The first-order valence-electron chi connectivity index (χ1n) is 11.3. The van der Waals surface area contributed by atoms with Crippen LogP contribution in [0.3, 0.4) is 0 Å². The fourth-order valence-corrected chi connectivity index (χ4v) is 3.35. The number of aromatic nitrogens is 1. The Morgan fingerprint density at radius 3 is 2.41 bits per heavy atom. The lowest BCUT2D eigenvalue weighted by Crippen LogP contribution is -2.20. The number of pyridine rings is 1. The molecular formula is C25H23F4N5O3. The van der Waals surface area contributed by atoms with Gasteiger partial charge in [0.25, 0.3) is 0 Å². The first kappa shape index (κ1) is 25.9. The van der Waals surface area contributed by atoms with Gasteiger partial charge in [0.05, 0.1) is 5.56 Å². The summed E-state index contributed by atoms with van der Waals surface area (Å²) in [5.74, 6) is -0.614. The highest BCUT2D eigenvalue weighted by Crippen LogP contribution is 2.34. The van der Waals surface area contributed by atoms with E-state index in [4.69, 9.17) is 10.5 Å². The third-order valence-corrected chi connectivity index (χ3v) is 5.41. The zero-order valence-corrected chi connectivity index (χ0v) is 19.5. The molecule has 1 aliphatic carbocycles. The largest absolute Gasteiger partial charge is 0.454 e. The maximum Gasteiger partial charge on any atom is 0.416 e. The number of amides is 3. The molecule has 1 heterocycles. The van der Waals surface area contributed by atoms with E-state index in [0.29, 0.717) is 0 Å². The Balaban J connectivity index is 1.41. The second kappa shape index (κ2) is 10.4. The third-order valence-electron chi connectivity index (χ3n) is 5.41. The normalized spacial score (nSPS) is 14.0. The molecule has 1 aliphatic rings. The van der Waals surface area contributed by atoms with Gasteiger partial charge in [-0.25, -0.2) is 14.2 Å². The molecule has 0 aliphatic heterocycles. The molecule has 4 rings (SSSR count). The number of halogens is 4. The molecule has 0 saturated heterocycles. The molecule has 2 aromatic carbocycles. The zero-order chi connectivity index (χ0) is 26.7. The van der Waals surface area contributed by atoms with Crippen molar-refractivity contribution in [1.29, 1.82) is 0 Å². The summed E-state index contributed by atoms with van der Waals surface area (Å²) in [4.78, 5) is 28.3. The van der Waals surface area contributed by atoms with Crippen molar-refractivity contribution in [3.8, 4) is 11.5 Å². The molecule has 5 N–H and O–H groups in total. The van der Waals surface area contributed by atoms with E-state index in [2.05, 4.69) is 20.9 Å². The van der Waals surface area contributed by atoms with Gasteiger partial charge in [0.1, 0.15) is 11.6 Å². The Hall–Kier alpha value is -4.19. The number of carbonyl (C=O) groups is 2. The molecule has 1 aromatic heterocycles. The molecule has 194 valence electrons. The fraction of sp³-hybridized carbons (Fsp3) is 0.240. The minimum atomic E-state index is -4.63. The van der Waals surface area contributed by atoms with Crippen molar-refractivity contribution in [2.45, 2.75) is 32.0 Å². The Bertz CT molecular complexity index is 1330. The van der Waals surface area contributed by atoms with Gasteiger partial charge in [-0.3, -0.25) is 4.79 Å². The average Bonchev–Trinajstić information content (AvgIpc) is 3.66. The van der Waals surface area contributed by atoms with Crippen LogP contribution in [-0.2, 0) is 11.0 Å². The number of rotatable bonds is 7. The Kier molecular flexibility index (Phi) is 7.30. The number of anilines is 3. The highest BCUT2D eigenvalue weighted by Gasteiger charge is 2.32. The molecule has 0 radical (unpaired) electrons. The summed E-state index contributed by atoms with van der Waals surface area (Å²) in [6.45, 7) is 1.52. The number of hydrogen-bond donors (Lipinski definition) is 4. The minimum absolute atomic E-state index is 0.0130. The molecule has 8 nitrogen and oxygen atoms in total. The van der Waals surface area contributed by atoms with Crippen molar-refractivity contribution in [1.82, 2.24) is 4.98 Å². The van der Waals surface area contributed by atoms with Crippen LogP contribution >= 0.6 is 0 Å². The quantitative estimate of drug-likeness (QED) is 0.285. The third kappa shape index (κ3) is 6.94. The van der Waals surface area contributed by atoms with Crippen LogP contribution in [0.25, 0.3) is 0 Å². The van der Waals surface area contributed by atoms with Crippen molar-refractivity contribution < 1.29 is 31.9 Å². The lowest BCUT2D eigenvalue weighted by atomic mass is 10.0. The number of hydrogen-bond acceptors (Lipinski definition) is 5. The van der Waals surface area contributed by atoms with Crippen LogP contribution in [0.15, 0.2) is 54.7 Å². The van der Waals surface area contributed by atoms with Crippen LogP contribution in [0.2, 0.25) is 0 Å². The number of urea groups is 1. The van der Waals surface area contributed by atoms with Gasteiger partial charge in [-0.1, -0.05) is 0 Å². The Morgan fingerprint density at radius 1 is 1.03 bits per heavy atom. The summed E-state index contributed by atoms with van der Waals surface area (Å²) in [6, 6.07) is 7.99. The molecule has 1 saturated carbocycles. The Morgan fingerprint density at radius 2 is 1.76 bits per heavy atom. The van der Waals surface area contributed by atoms with E-state index in [1.165, 1.54) is 43.5 Å². The molecule has 3 aromatic rings. The number of benzene rings is 2. The fourth-order valence-electron chi connectivity index (χ4n) is 3.35. The summed E-state index contributed by atoms with van der Waals surface area (Å²) < 4.78 is 59.8. The minimum Gasteiger partial charge on any atom is -0.454 e. The molecule has 12 heteroatoms. The van der Waals surface area contributed by atoms with Crippen molar-refractivity contribution in [3.63, 3.8) is 0 Å². The number of nitrogens with one attached hydrogen (secondary N) is 3. The Labute approximate surface area is 209 Å². The molecule has 1 atom stereocenters. The standard InChI is InChI=1S/C25H23F4N5O3/c1-13(30)15-8-16(25(27,28)29)10-18(9-15)33-24(36)32-17-4-5-21(20(26)11-17)37-19-6-7-31-22(12-19)34-23(35)14-2-3-14/h4-14H,2-3,30H2,1H3,(H,31,34,35)(H2,32,33,36). The predicted octanol–water partition coefficient (Wildman–Crippen LogP) is 6.04. The summed E-state index contributed by atoms with van der Waals surface area (Å²) in [7, 11) is 0. The van der Waals surface area contributed by atoms with Gasteiger partial charge >= 0.3 is 12.2 Å². The van der Waals surface area contributed by atoms with Gasteiger partial charge in [-0.2, -0.15) is 13.2 Å². The van der Waals surface area contributed by atoms with Crippen LogP contribution in [0.4, 0.5) is 39.5 Å². The van der Waals surface area contributed by atoms with Crippen LogP contribution in [0.5, 0.6) is 11.5 Å². The van der Waals surface area contributed by atoms with E-state index in [9.17, 15) is 27.2 Å². The predicted molar refractivity (Wildman–Crippen MR) is 129 cm³/mol. The van der Waals surface area contributed by atoms with Crippen LogP contribution in [-0.4, -0.2) is 16.9 Å². The van der Waals surface area contributed by atoms with Gasteiger partial charge in [-0.15, -0.1) is 0 Å². The van der Waals surface area contributed by atoms with E-state index in [0.717, 1.165) is 31.0 Å². The summed E-state index contributed by atoms with van der Waals surface area (Å²) in [5, 5.41) is 7.34. The first-order chi connectivity index (χ1) is 17.5. The molecule has 1 unspecified atom stereocenters. The van der Waals surface area contributed by atoms with Crippen LogP contribution in [0.1, 0.15) is 36.9 Å². The van der Waals surface area contributed by atoms with Crippen molar-refractivity contribution >= 4 is 29.1 Å². The summed E-state index contributed by atoms with van der Waals surface area (Å²) in [5.41, 5.74) is 4.84.